The van der Waals surface area contributed by atoms with Crippen molar-refractivity contribution in [3.8, 4) is 0 Å². The SMILES string of the molecule is CCC1(c2ccc(NC(=O)C(NC(=O)NCc3ccccc3)C(C)C)cc2)CCC(=O)NC1=O. The molecule has 5 amide bonds. The Morgan fingerprint density at radius 1 is 1.03 bits per heavy atom. The van der Waals surface area contributed by atoms with Gasteiger partial charge in [0.25, 0.3) is 0 Å². The maximum atomic E-state index is 12.9. The Balaban J connectivity index is 1.62. The molecule has 2 atom stereocenters. The molecule has 0 bridgehead atoms. The molecule has 0 radical (unpaired) electrons. The van der Waals surface area contributed by atoms with E-state index < -0.39 is 17.5 Å². The van der Waals surface area contributed by atoms with Crippen LogP contribution in [-0.4, -0.2) is 29.8 Å². The molecule has 1 aliphatic rings. The molecule has 1 heterocycles. The molecule has 0 saturated carbocycles. The molecule has 4 N–H and O–H groups in total. The number of piperidine rings is 1. The first-order valence-electron chi connectivity index (χ1n) is 11.6. The van der Waals surface area contributed by atoms with Crippen molar-refractivity contribution in [3.05, 3.63) is 65.7 Å². The van der Waals surface area contributed by atoms with Crippen LogP contribution >= 0.6 is 0 Å². The van der Waals surface area contributed by atoms with Gasteiger partial charge in [-0.05, 0) is 42.0 Å². The van der Waals surface area contributed by atoms with Gasteiger partial charge in [0, 0.05) is 18.7 Å². The first kappa shape index (κ1) is 25.0. The minimum atomic E-state index is -0.755. The van der Waals surface area contributed by atoms with E-state index >= 15 is 0 Å². The Bertz CT molecular complexity index is 1040. The molecule has 3 rings (SSSR count). The number of urea groups is 1. The van der Waals surface area contributed by atoms with Gasteiger partial charge in [0.1, 0.15) is 6.04 Å². The maximum absolute atomic E-state index is 12.9. The van der Waals surface area contributed by atoms with Crippen molar-refractivity contribution in [1.82, 2.24) is 16.0 Å². The molecule has 8 nitrogen and oxygen atoms in total. The van der Waals surface area contributed by atoms with Gasteiger partial charge in [-0.2, -0.15) is 0 Å². The number of amides is 5. The van der Waals surface area contributed by atoms with E-state index in [1.807, 2.05) is 51.1 Å². The lowest BCUT2D eigenvalue weighted by Gasteiger charge is -2.35. The largest absolute Gasteiger partial charge is 0.334 e. The van der Waals surface area contributed by atoms with E-state index in [2.05, 4.69) is 21.3 Å². The molecule has 180 valence electrons. The zero-order valence-corrected chi connectivity index (χ0v) is 19.8. The summed E-state index contributed by atoms with van der Waals surface area (Å²) in [5.41, 5.74) is 1.57. The van der Waals surface area contributed by atoms with Crippen LogP contribution < -0.4 is 21.3 Å². The Labute approximate surface area is 199 Å². The van der Waals surface area contributed by atoms with E-state index in [0.29, 0.717) is 31.5 Å². The van der Waals surface area contributed by atoms with E-state index in [1.165, 1.54) is 0 Å². The average Bonchev–Trinajstić information content (AvgIpc) is 2.82. The predicted molar refractivity (Wildman–Crippen MR) is 130 cm³/mol. The van der Waals surface area contributed by atoms with Gasteiger partial charge in [0.15, 0.2) is 0 Å². The molecule has 34 heavy (non-hydrogen) atoms. The maximum Gasteiger partial charge on any atom is 0.315 e. The molecule has 0 aliphatic carbocycles. The molecule has 2 unspecified atom stereocenters. The van der Waals surface area contributed by atoms with E-state index in [1.54, 1.807) is 24.3 Å². The quantitative estimate of drug-likeness (QED) is 0.449. The number of anilines is 1. The van der Waals surface area contributed by atoms with Gasteiger partial charge in [-0.1, -0.05) is 63.2 Å². The normalized spacial score (nSPS) is 18.7. The highest BCUT2D eigenvalue weighted by Gasteiger charge is 2.42. The van der Waals surface area contributed by atoms with Gasteiger partial charge in [0.05, 0.1) is 5.41 Å². The Morgan fingerprint density at radius 2 is 1.71 bits per heavy atom. The monoisotopic (exact) mass is 464 g/mol. The lowest BCUT2D eigenvalue weighted by Crippen LogP contribution is -2.51. The van der Waals surface area contributed by atoms with Crippen LogP contribution in [0.25, 0.3) is 0 Å². The van der Waals surface area contributed by atoms with Crippen LogP contribution in [0.4, 0.5) is 10.5 Å². The van der Waals surface area contributed by atoms with Crippen LogP contribution in [-0.2, 0) is 26.3 Å². The van der Waals surface area contributed by atoms with E-state index in [9.17, 15) is 19.2 Å². The molecule has 2 aromatic rings. The summed E-state index contributed by atoms with van der Waals surface area (Å²) in [6, 6.07) is 15.5. The van der Waals surface area contributed by atoms with Gasteiger partial charge in [-0.25, -0.2) is 4.79 Å². The van der Waals surface area contributed by atoms with E-state index in [4.69, 9.17) is 0 Å². The van der Waals surface area contributed by atoms with Gasteiger partial charge in [-0.15, -0.1) is 0 Å². The molecular formula is C26H32N4O4. The summed E-state index contributed by atoms with van der Waals surface area (Å²) in [6.07, 6.45) is 1.32. The summed E-state index contributed by atoms with van der Waals surface area (Å²) in [7, 11) is 0. The van der Waals surface area contributed by atoms with Crippen LogP contribution in [0.5, 0.6) is 0 Å². The molecule has 2 aromatic carbocycles. The lowest BCUT2D eigenvalue weighted by molar-refractivity contribution is -0.138. The summed E-state index contributed by atoms with van der Waals surface area (Å²) in [4.78, 5) is 49.4. The number of hydrogen-bond acceptors (Lipinski definition) is 4. The third-order valence-corrected chi connectivity index (χ3v) is 6.31. The number of hydrogen-bond donors (Lipinski definition) is 4. The van der Waals surface area contributed by atoms with Crippen LogP contribution in [0.15, 0.2) is 54.6 Å². The summed E-state index contributed by atoms with van der Waals surface area (Å²) in [5, 5.41) is 10.8. The van der Waals surface area contributed by atoms with Crippen LogP contribution in [0.3, 0.4) is 0 Å². The van der Waals surface area contributed by atoms with Gasteiger partial charge < -0.3 is 16.0 Å². The third-order valence-electron chi connectivity index (χ3n) is 6.31. The van der Waals surface area contributed by atoms with Crippen molar-refractivity contribution in [2.24, 2.45) is 5.92 Å². The number of carbonyl (C=O) groups excluding carboxylic acids is 4. The lowest BCUT2D eigenvalue weighted by atomic mass is 9.72. The highest BCUT2D eigenvalue weighted by Crippen LogP contribution is 2.36. The third kappa shape index (κ3) is 5.81. The summed E-state index contributed by atoms with van der Waals surface area (Å²) in [5.74, 6) is -0.996. The summed E-state index contributed by atoms with van der Waals surface area (Å²) < 4.78 is 0. The number of benzene rings is 2. The smallest absolute Gasteiger partial charge is 0.315 e. The first-order valence-corrected chi connectivity index (χ1v) is 11.6. The minimum absolute atomic E-state index is 0.131. The summed E-state index contributed by atoms with van der Waals surface area (Å²) in [6.45, 7) is 6.00. The van der Waals surface area contributed by atoms with Crippen molar-refractivity contribution in [2.45, 2.75) is 58.0 Å². The molecule has 1 fully saturated rings. The second-order valence-corrected chi connectivity index (χ2v) is 8.91. The van der Waals surface area contributed by atoms with Gasteiger partial charge >= 0.3 is 6.03 Å². The zero-order valence-electron chi connectivity index (χ0n) is 19.8. The second kappa shape index (κ2) is 11.0. The van der Waals surface area contributed by atoms with Crippen molar-refractivity contribution < 1.29 is 19.2 Å². The minimum Gasteiger partial charge on any atom is -0.334 e. The fourth-order valence-electron chi connectivity index (χ4n) is 4.16. The molecule has 1 aliphatic heterocycles. The van der Waals surface area contributed by atoms with Crippen LogP contribution in [0.1, 0.15) is 51.2 Å². The van der Waals surface area contributed by atoms with Gasteiger partial charge in [0.2, 0.25) is 17.7 Å². The van der Waals surface area contributed by atoms with Crippen molar-refractivity contribution in [2.75, 3.05) is 5.32 Å². The van der Waals surface area contributed by atoms with Crippen LogP contribution in [0.2, 0.25) is 0 Å². The Kier molecular flexibility index (Phi) is 8.04. The molecule has 0 aromatic heterocycles. The Morgan fingerprint density at radius 3 is 2.29 bits per heavy atom. The fourth-order valence-corrected chi connectivity index (χ4v) is 4.16. The molecule has 8 heteroatoms. The zero-order chi connectivity index (χ0) is 24.7. The molecule has 0 spiro atoms. The topological polar surface area (TPSA) is 116 Å². The van der Waals surface area contributed by atoms with E-state index in [-0.39, 0.29) is 23.6 Å². The second-order valence-electron chi connectivity index (χ2n) is 8.91. The highest BCUT2D eigenvalue weighted by molar-refractivity contribution is 6.03. The standard InChI is InChI=1S/C26H32N4O4/c1-4-26(15-14-21(31)29-24(26)33)19-10-12-20(13-11-19)28-23(32)22(17(2)3)30-25(34)27-16-18-8-6-5-7-9-18/h5-13,17,22H,4,14-16H2,1-3H3,(H,28,32)(H2,27,30,34)(H,29,31,33). The molecular weight excluding hydrogens is 432 g/mol. The van der Waals surface area contributed by atoms with E-state index in [0.717, 1.165) is 11.1 Å². The fraction of sp³-hybridized carbons (Fsp3) is 0.385. The predicted octanol–water partition coefficient (Wildman–Crippen LogP) is 3.23. The van der Waals surface area contributed by atoms with Crippen molar-refractivity contribution in [3.63, 3.8) is 0 Å². The summed E-state index contributed by atoms with van der Waals surface area (Å²) >= 11 is 0. The number of rotatable bonds is 8. The highest BCUT2D eigenvalue weighted by atomic mass is 16.2. The Hall–Kier alpha value is -3.68. The van der Waals surface area contributed by atoms with Gasteiger partial charge in [-0.3, -0.25) is 19.7 Å². The van der Waals surface area contributed by atoms with Crippen molar-refractivity contribution >= 4 is 29.4 Å². The average molecular weight is 465 g/mol. The number of nitrogens with one attached hydrogen (secondary N) is 4. The number of imide groups is 1. The molecule has 1 saturated heterocycles. The van der Waals surface area contributed by atoms with Crippen LogP contribution in [0, 0.1) is 5.92 Å². The van der Waals surface area contributed by atoms with Crippen molar-refractivity contribution in [1.29, 1.82) is 0 Å². The first-order chi connectivity index (χ1) is 16.2. The number of carbonyl (C=O) groups is 4.